The fourth-order valence-electron chi connectivity index (χ4n) is 2.88. The number of amides is 1. The van der Waals surface area contributed by atoms with E-state index in [0.29, 0.717) is 0 Å². The molecule has 0 radical (unpaired) electrons. The van der Waals surface area contributed by atoms with Crippen LogP contribution in [0.3, 0.4) is 0 Å². The predicted molar refractivity (Wildman–Crippen MR) is 118 cm³/mol. The molecule has 0 aliphatic rings. The van der Waals surface area contributed by atoms with Gasteiger partial charge in [0, 0.05) is 15.8 Å². The number of methoxy groups -OCH3 is 1. The first-order valence-corrected chi connectivity index (χ1v) is 10.3. The first-order valence-electron chi connectivity index (χ1n) is 9.44. The van der Waals surface area contributed by atoms with Crippen molar-refractivity contribution < 1.29 is 19.1 Å². The molecule has 2 aromatic carbocycles. The minimum absolute atomic E-state index is 0.355. The van der Waals surface area contributed by atoms with Crippen LogP contribution in [0.1, 0.15) is 26.9 Å². The monoisotopic (exact) mass is 421 g/mol. The molecule has 0 bridgehead atoms. The molecule has 1 amide bonds. The Balaban J connectivity index is 1.63. The van der Waals surface area contributed by atoms with Crippen LogP contribution in [0, 0.1) is 6.92 Å². The molecule has 0 saturated carbocycles. The number of esters is 1. The Hall–Kier alpha value is -3.38. The zero-order valence-electron chi connectivity index (χ0n) is 16.8. The van der Waals surface area contributed by atoms with Gasteiger partial charge in [0.15, 0.2) is 6.61 Å². The maximum atomic E-state index is 12.5. The summed E-state index contributed by atoms with van der Waals surface area (Å²) in [5, 5.41) is 2.94. The van der Waals surface area contributed by atoms with Crippen molar-refractivity contribution in [3.63, 3.8) is 0 Å². The van der Waals surface area contributed by atoms with Crippen molar-refractivity contribution in [2.24, 2.45) is 0 Å². The van der Waals surface area contributed by atoms with E-state index in [2.05, 4.69) is 5.32 Å². The van der Waals surface area contributed by atoms with Crippen LogP contribution >= 0.6 is 11.3 Å². The highest BCUT2D eigenvalue weighted by Crippen LogP contribution is 2.24. The normalized spacial score (nSPS) is 11.8. The molecule has 5 nitrogen and oxygen atoms in total. The molecule has 0 aliphatic carbocycles. The van der Waals surface area contributed by atoms with Crippen molar-refractivity contribution in [3.8, 4) is 5.75 Å². The summed E-state index contributed by atoms with van der Waals surface area (Å²) in [6.45, 7) is 1.64. The highest BCUT2D eigenvalue weighted by Gasteiger charge is 2.17. The summed E-state index contributed by atoms with van der Waals surface area (Å²) < 4.78 is 10.3. The Morgan fingerprint density at radius 3 is 2.33 bits per heavy atom. The summed E-state index contributed by atoms with van der Waals surface area (Å²) >= 11 is 1.58. The Kier molecular flexibility index (Phi) is 7.40. The van der Waals surface area contributed by atoms with E-state index in [9.17, 15) is 9.59 Å². The second-order valence-corrected chi connectivity index (χ2v) is 7.89. The lowest BCUT2D eigenvalue weighted by Gasteiger charge is -2.20. The van der Waals surface area contributed by atoms with E-state index in [-0.39, 0.29) is 18.6 Å². The fourth-order valence-corrected chi connectivity index (χ4v) is 3.66. The van der Waals surface area contributed by atoms with Gasteiger partial charge in [0.2, 0.25) is 0 Å². The van der Waals surface area contributed by atoms with Crippen molar-refractivity contribution in [3.05, 3.63) is 93.7 Å². The molecule has 0 saturated heterocycles. The van der Waals surface area contributed by atoms with Crippen LogP contribution in [0.4, 0.5) is 0 Å². The largest absolute Gasteiger partial charge is 0.497 e. The van der Waals surface area contributed by atoms with Gasteiger partial charge in [0.05, 0.1) is 13.2 Å². The van der Waals surface area contributed by atoms with E-state index in [4.69, 9.17) is 9.47 Å². The van der Waals surface area contributed by atoms with E-state index in [0.717, 1.165) is 26.6 Å². The second-order valence-electron chi connectivity index (χ2n) is 6.57. The minimum atomic E-state index is -0.558. The highest BCUT2D eigenvalue weighted by atomic mass is 32.1. The molecule has 0 spiro atoms. The highest BCUT2D eigenvalue weighted by molar-refractivity contribution is 7.12. The Bertz CT molecular complexity index is 1010. The Morgan fingerprint density at radius 2 is 1.70 bits per heavy atom. The number of hydrogen-bond acceptors (Lipinski definition) is 5. The van der Waals surface area contributed by atoms with Crippen LogP contribution in [0.15, 0.2) is 72.8 Å². The minimum Gasteiger partial charge on any atom is -0.497 e. The van der Waals surface area contributed by atoms with Crippen LogP contribution < -0.4 is 10.1 Å². The molecule has 6 heteroatoms. The average molecular weight is 422 g/mol. The van der Waals surface area contributed by atoms with Crippen molar-refractivity contribution in [2.75, 3.05) is 13.7 Å². The number of aryl methyl sites for hydroxylation is 1. The van der Waals surface area contributed by atoms with Gasteiger partial charge in [-0.2, -0.15) is 0 Å². The zero-order valence-corrected chi connectivity index (χ0v) is 17.6. The SMILES string of the molecule is COc1ccc([C@@H](NC(=O)COC(=O)/C=C/c2ccc(C)s2)c2ccccc2)cc1. The number of carbonyl (C=O) groups is 2. The Morgan fingerprint density at radius 1 is 1.00 bits per heavy atom. The lowest BCUT2D eigenvalue weighted by molar-refractivity contribution is -0.143. The van der Waals surface area contributed by atoms with Crippen LogP contribution in [0.2, 0.25) is 0 Å². The van der Waals surface area contributed by atoms with Gasteiger partial charge in [0.1, 0.15) is 5.75 Å². The molecule has 3 aromatic rings. The van der Waals surface area contributed by atoms with Gasteiger partial charge in [0.25, 0.3) is 5.91 Å². The molecule has 1 aromatic heterocycles. The van der Waals surface area contributed by atoms with Crippen molar-refractivity contribution in [2.45, 2.75) is 13.0 Å². The van der Waals surface area contributed by atoms with Crippen molar-refractivity contribution >= 4 is 29.3 Å². The molecule has 3 rings (SSSR count). The van der Waals surface area contributed by atoms with E-state index in [1.54, 1.807) is 24.5 Å². The Labute approximate surface area is 180 Å². The second kappa shape index (κ2) is 10.4. The lowest BCUT2D eigenvalue weighted by atomic mass is 9.98. The number of nitrogens with one attached hydrogen (secondary N) is 1. The predicted octanol–water partition coefficient (Wildman–Crippen LogP) is 4.53. The van der Waals surface area contributed by atoms with Crippen molar-refractivity contribution in [1.29, 1.82) is 0 Å². The summed E-state index contributed by atoms with van der Waals surface area (Å²) in [6, 6.07) is 20.6. The maximum Gasteiger partial charge on any atom is 0.331 e. The molecule has 1 N–H and O–H groups in total. The number of benzene rings is 2. The molecular weight excluding hydrogens is 398 g/mol. The molecule has 0 fully saturated rings. The van der Waals surface area contributed by atoms with E-state index >= 15 is 0 Å². The van der Waals surface area contributed by atoms with Gasteiger partial charge in [-0.05, 0) is 48.4 Å². The summed E-state index contributed by atoms with van der Waals surface area (Å²) in [6.07, 6.45) is 3.01. The molecule has 0 aliphatic heterocycles. The standard InChI is InChI=1S/C24H23NO4S/c1-17-8-13-21(30-17)14-15-23(27)29-16-22(26)25-24(18-6-4-3-5-7-18)19-9-11-20(28-2)12-10-19/h3-15,24H,16H2,1-2H3,(H,25,26)/b15-14+/t24-/m0/s1. The lowest BCUT2D eigenvalue weighted by Crippen LogP contribution is -2.32. The van der Waals surface area contributed by atoms with E-state index in [1.807, 2.05) is 73.7 Å². The van der Waals surface area contributed by atoms with Gasteiger partial charge < -0.3 is 14.8 Å². The number of ether oxygens (including phenoxy) is 2. The smallest absolute Gasteiger partial charge is 0.331 e. The molecular formula is C24H23NO4S. The van der Waals surface area contributed by atoms with E-state index in [1.165, 1.54) is 6.08 Å². The van der Waals surface area contributed by atoms with Crippen LogP contribution in [-0.4, -0.2) is 25.6 Å². The molecule has 154 valence electrons. The zero-order chi connectivity index (χ0) is 21.3. The first-order chi connectivity index (χ1) is 14.5. The van der Waals surface area contributed by atoms with Gasteiger partial charge >= 0.3 is 5.97 Å². The third-order valence-corrected chi connectivity index (χ3v) is 5.34. The molecule has 30 heavy (non-hydrogen) atoms. The average Bonchev–Trinajstić information content (AvgIpc) is 3.20. The van der Waals surface area contributed by atoms with E-state index < -0.39 is 5.97 Å². The van der Waals surface area contributed by atoms with Crippen LogP contribution in [0.25, 0.3) is 6.08 Å². The summed E-state index contributed by atoms with van der Waals surface area (Å²) in [7, 11) is 1.61. The van der Waals surface area contributed by atoms with Crippen LogP contribution in [-0.2, 0) is 14.3 Å². The summed E-state index contributed by atoms with van der Waals surface area (Å²) in [4.78, 5) is 26.5. The topological polar surface area (TPSA) is 64.6 Å². The quantitative estimate of drug-likeness (QED) is 0.429. The third kappa shape index (κ3) is 6.06. The van der Waals surface area contributed by atoms with Gasteiger partial charge in [-0.15, -0.1) is 11.3 Å². The summed E-state index contributed by atoms with van der Waals surface area (Å²) in [5.74, 6) is -0.205. The molecule has 1 heterocycles. The fraction of sp³-hybridized carbons (Fsp3) is 0.167. The third-order valence-electron chi connectivity index (χ3n) is 4.38. The number of thiophene rings is 1. The maximum absolute atomic E-state index is 12.5. The van der Waals surface area contributed by atoms with Crippen molar-refractivity contribution in [1.82, 2.24) is 5.32 Å². The molecule has 1 atom stereocenters. The molecule has 0 unspecified atom stereocenters. The van der Waals surface area contributed by atoms with Gasteiger partial charge in [-0.1, -0.05) is 42.5 Å². The summed E-state index contributed by atoms with van der Waals surface area (Å²) in [5.41, 5.74) is 1.82. The number of hydrogen-bond donors (Lipinski definition) is 1. The van der Waals surface area contributed by atoms with Gasteiger partial charge in [-0.3, -0.25) is 4.79 Å². The van der Waals surface area contributed by atoms with Gasteiger partial charge in [-0.25, -0.2) is 4.79 Å². The first kappa shape index (κ1) is 21.3. The number of rotatable bonds is 8. The number of carbonyl (C=O) groups excluding carboxylic acids is 2. The van der Waals surface area contributed by atoms with Crippen LogP contribution in [0.5, 0.6) is 5.75 Å².